The fraction of sp³-hybridized carbons (Fsp3) is 0.538. The van der Waals surface area contributed by atoms with Gasteiger partial charge in [-0.3, -0.25) is 4.18 Å². The molecule has 7 heteroatoms. The van der Waals surface area contributed by atoms with Gasteiger partial charge in [-0.25, -0.2) is 0 Å². The van der Waals surface area contributed by atoms with Gasteiger partial charge in [-0.05, 0) is 26.0 Å². The average Bonchev–Trinajstić information content (AvgIpc) is 2.61. The molecule has 0 radical (unpaired) electrons. The molecule has 1 saturated heterocycles. The van der Waals surface area contributed by atoms with Crippen molar-refractivity contribution in [3.8, 4) is 0 Å². The number of ether oxygens (including phenoxy) is 1. The van der Waals surface area contributed by atoms with Crippen LogP contribution in [0.4, 0.5) is 0 Å². The van der Waals surface area contributed by atoms with Gasteiger partial charge >= 0.3 is 0 Å². The van der Waals surface area contributed by atoms with Crippen molar-refractivity contribution in [3.63, 3.8) is 0 Å². The van der Waals surface area contributed by atoms with Crippen LogP contribution in [0, 0.1) is 6.92 Å². The van der Waals surface area contributed by atoms with E-state index in [4.69, 9.17) is 14.7 Å². The molecule has 2 rings (SSSR count). The molecule has 1 aromatic carbocycles. The van der Waals surface area contributed by atoms with Gasteiger partial charge in [-0.15, -0.1) is 0 Å². The van der Waals surface area contributed by atoms with Gasteiger partial charge in [-0.1, -0.05) is 17.7 Å². The summed E-state index contributed by atoms with van der Waals surface area (Å²) in [4.78, 5) is 0.0946. The SMILES string of the molecule is Cc1ccc(S(=O)(=O)OC[C@@H]2C[C@](N)(O)C(C)O2)cc1. The number of hydrogen-bond acceptors (Lipinski definition) is 6. The van der Waals surface area contributed by atoms with Crippen molar-refractivity contribution < 1.29 is 22.4 Å². The zero-order chi connectivity index (χ0) is 15.0. The third kappa shape index (κ3) is 3.36. The summed E-state index contributed by atoms with van der Waals surface area (Å²) in [5, 5.41) is 9.76. The Bertz CT molecular complexity index is 567. The van der Waals surface area contributed by atoms with E-state index in [1.54, 1.807) is 19.1 Å². The first-order valence-corrected chi connectivity index (χ1v) is 7.74. The molecular formula is C13H19NO5S. The van der Waals surface area contributed by atoms with Crippen LogP contribution >= 0.6 is 0 Å². The average molecular weight is 301 g/mol. The lowest BCUT2D eigenvalue weighted by Gasteiger charge is -2.18. The van der Waals surface area contributed by atoms with Crippen LogP contribution in [0.2, 0.25) is 0 Å². The molecule has 1 unspecified atom stereocenters. The Kier molecular flexibility index (Phi) is 4.17. The summed E-state index contributed by atoms with van der Waals surface area (Å²) >= 11 is 0. The normalized spacial score (nSPS) is 30.6. The van der Waals surface area contributed by atoms with Crippen molar-refractivity contribution in [2.75, 3.05) is 6.61 Å². The molecule has 0 spiro atoms. The van der Waals surface area contributed by atoms with Gasteiger partial charge in [0.1, 0.15) is 5.72 Å². The summed E-state index contributed by atoms with van der Waals surface area (Å²) in [6.45, 7) is 3.33. The van der Waals surface area contributed by atoms with Crippen molar-refractivity contribution in [1.82, 2.24) is 0 Å². The molecule has 1 fully saturated rings. The van der Waals surface area contributed by atoms with E-state index >= 15 is 0 Å². The van der Waals surface area contributed by atoms with Crippen LogP contribution in [-0.2, 0) is 19.0 Å². The fourth-order valence-corrected chi connectivity index (χ4v) is 2.96. The Morgan fingerprint density at radius 2 is 2.05 bits per heavy atom. The number of aryl methyl sites for hydroxylation is 1. The van der Waals surface area contributed by atoms with E-state index in [2.05, 4.69) is 0 Å². The summed E-state index contributed by atoms with van der Waals surface area (Å²) in [6, 6.07) is 6.37. The number of hydrogen-bond donors (Lipinski definition) is 2. The molecule has 1 aliphatic heterocycles. The predicted molar refractivity (Wildman–Crippen MR) is 72.4 cm³/mol. The minimum Gasteiger partial charge on any atom is -0.373 e. The topological polar surface area (TPSA) is 98.9 Å². The minimum atomic E-state index is -3.82. The Balaban J connectivity index is 1.99. The quantitative estimate of drug-likeness (QED) is 0.621. The highest BCUT2D eigenvalue weighted by atomic mass is 32.2. The van der Waals surface area contributed by atoms with Crippen molar-refractivity contribution >= 4 is 10.1 Å². The standard InChI is InChI=1S/C13H19NO5S/c1-9-3-5-12(6-4-9)20(16,17)18-8-11-7-13(14,15)10(2)19-11/h3-6,10-11,15H,7-8,14H2,1-2H3/t10?,11-,13-/m0/s1. The molecule has 3 N–H and O–H groups in total. The van der Waals surface area contributed by atoms with Crippen molar-refractivity contribution in [2.45, 2.75) is 43.1 Å². The van der Waals surface area contributed by atoms with Crippen LogP contribution in [0.25, 0.3) is 0 Å². The summed E-state index contributed by atoms with van der Waals surface area (Å²) < 4.78 is 34.3. The zero-order valence-corrected chi connectivity index (χ0v) is 12.3. The van der Waals surface area contributed by atoms with Gasteiger partial charge in [0.25, 0.3) is 10.1 Å². The van der Waals surface area contributed by atoms with Crippen LogP contribution < -0.4 is 5.73 Å². The third-order valence-electron chi connectivity index (χ3n) is 3.37. The Hall–Kier alpha value is -0.990. The molecule has 1 aliphatic rings. The lowest BCUT2D eigenvalue weighted by molar-refractivity contribution is -0.0382. The molecule has 20 heavy (non-hydrogen) atoms. The van der Waals surface area contributed by atoms with Crippen molar-refractivity contribution in [3.05, 3.63) is 29.8 Å². The molecule has 0 aliphatic carbocycles. The van der Waals surface area contributed by atoms with Crippen LogP contribution in [0.3, 0.4) is 0 Å². The fourth-order valence-electron chi connectivity index (χ4n) is 2.02. The molecule has 0 bridgehead atoms. The van der Waals surface area contributed by atoms with E-state index in [9.17, 15) is 13.5 Å². The number of nitrogens with two attached hydrogens (primary N) is 1. The van der Waals surface area contributed by atoms with Crippen LogP contribution in [0.15, 0.2) is 29.2 Å². The third-order valence-corrected chi connectivity index (χ3v) is 4.67. The van der Waals surface area contributed by atoms with Crippen LogP contribution in [-0.4, -0.2) is 38.1 Å². The highest BCUT2D eigenvalue weighted by Gasteiger charge is 2.42. The number of benzene rings is 1. The Morgan fingerprint density at radius 3 is 2.55 bits per heavy atom. The maximum absolute atomic E-state index is 12.0. The predicted octanol–water partition coefficient (Wildman–Crippen LogP) is 0.525. The monoisotopic (exact) mass is 301 g/mol. The molecule has 1 aromatic rings. The van der Waals surface area contributed by atoms with Gasteiger partial charge in [0.2, 0.25) is 0 Å². The summed E-state index contributed by atoms with van der Waals surface area (Å²) in [5.41, 5.74) is 5.12. The molecular weight excluding hydrogens is 282 g/mol. The van der Waals surface area contributed by atoms with Gasteiger partial charge in [0.15, 0.2) is 0 Å². The van der Waals surface area contributed by atoms with Gasteiger partial charge in [0.05, 0.1) is 23.7 Å². The van der Waals surface area contributed by atoms with Crippen LogP contribution in [0.5, 0.6) is 0 Å². The first-order valence-electron chi connectivity index (χ1n) is 6.33. The largest absolute Gasteiger partial charge is 0.373 e. The van der Waals surface area contributed by atoms with Gasteiger partial charge in [0, 0.05) is 6.42 Å². The van der Waals surface area contributed by atoms with E-state index in [1.165, 1.54) is 12.1 Å². The molecule has 3 atom stereocenters. The van der Waals surface area contributed by atoms with Crippen molar-refractivity contribution in [2.24, 2.45) is 5.73 Å². The highest BCUT2D eigenvalue weighted by molar-refractivity contribution is 7.86. The lowest BCUT2D eigenvalue weighted by Crippen LogP contribution is -2.45. The van der Waals surface area contributed by atoms with E-state index in [0.29, 0.717) is 0 Å². The second kappa shape index (κ2) is 5.42. The second-order valence-electron chi connectivity index (χ2n) is 5.15. The van der Waals surface area contributed by atoms with E-state index in [1.807, 2.05) is 6.92 Å². The highest BCUT2D eigenvalue weighted by Crippen LogP contribution is 2.27. The van der Waals surface area contributed by atoms with Crippen molar-refractivity contribution in [1.29, 1.82) is 0 Å². The van der Waals surface area contributed by atoms with E-state index in [0.717, 1.165) is 5.56 Å². The molecule has 0 aromatic heterocycles. The van der Waals surface area contributed by atoms with Gasteiger partial charge in [-0.2, -0.15) is 8.42 Å². The van der Waals surface area contributed by atoms with Gasteiger partial charge < -0.3 is 15.6 Å². The second-order valence-corrected chi connectivity index (χ2v) is 6.76. The first kappa shape index (κ1) is 15.4. The molecule has 0 saturated carbocycles. The molecule has 0 amide bonds. The Morgan fingerprint density at radius 1 is 1.45 bits per heavy atom. The van der Waals surface area contributed by atoms with E-state index in [-0.39, 0.29) is 17.9 Å². The zero-order valence-electron chi connectivity index (χ0n) is 11.4. The minimum absolute atomic E-state index is 0.0946. The smallest absolute Gasteiger partial charge is 0.297 e. The van der Waals surface area contributed by atoms with E-state index < -0.39 is 28.1 Å². The van der Waals surface area contributed by atoms with Crippen LogP contribution in [0.1, 0.15) is 18.9 Å². The molecule has 1 heterocycles. The lowest BCUT2D eigenvalue weighted by atomic mass is 10.1. The molecule has 6 nitrogen and oxygen atoms in total. The summed E-state index contributed by atoms with van der Waals surface area (Å²) in [6.07, 6.45) is -0.962. The molecule has 112 valence electrons. The Labute approximate surface area is 118 Å². The summed E-state index contributed by atoms with van der Waals surface area (Å²) in [5.74, 6) is 0. The first-order chi connectivity index (χ1) is 9.21. The number of rotatable bonds is 4. The summed E-state index contributed by atoms with van der Waals surface area (Å²) in [7, 11) is -3.82. The maximum atomic E-state index is 12.0. The number of aliphatic hydroxyl groups is 1. The maximum Gasteiger partial charge on any atom is 0.297 e.